The third-order valence-corrected chi connectivity index (χ3v) is 2.85. The van der Waals surface area contributed by atoms with Gasteiger partial charge in [0, 0.05) is 6.07 Å². The summed E-state index contributed by atoms with van der Waals surface area (Å²) in [6, 6.07) is 12.1. The van der Waals surface area contributed by atoms with E-state index >= 15 is 0 Å². The topological polar surface area (TPSA) is 80.4 Å². The van der Waals surface area contributed by atoms with Crippen molar-refractivity contribution < 1.29 is 14.3 Å². The Labute approximate surface area is 122 Å². The molecule has 0 fully saturated rings. The number of alkyl halides is 1. The van der Waals surface area contributed by atoms with E-state index in [1.807, 2.05) is 24.3 Å². The fraction of sp³-hybridized carbons (Fsp3) is 0.0714. The van der Waals surface area contributed by atoms with Crippen LogP contribution in [0.4, 0.5) is 0 Å². The SMILES string of the molecule is O=C(O)CBr.O=c1ccc2nc3ccccc3oc-2c1. The van der Waals surface area contributed by atoms with Crippen LogP contribution in [0.2, 0.25) is 0 Å². The Bertz CT molecular complexity index is 768. The molecule has 102 valence electrons. The van der Waals surface area contributed by atoms with Crippen LogP contribution in [0.15, 0.2) is 51.7 Å². The quantitative estimate of drug-likeness (QED) is 0.546. The van der Waals surface area contributed by atoms with Gasteiger partial charge in [-0.2, -0.15) is 0 Å². The molecular weight excluding hydrogens is 326 g/mol. The second-order valence-electron chi connectivity index (χ2n) is 3.84. The summed E-state index contributed by atoms with van der Waals surface area (Å²) in [4.78, 5) is 24.8. The lowest BCUT2D eigenvalue weighted by Gasteiger charge is -2.04. The molecule has 6 heteroatoms. The van der Waals surface area contributed by atoms with Crippen LogP contribution in [0.25, 0.3) is 22.6 Å². The first-order valence-electron chi connectivity index (χ1n) is 5.67. The molecule has 0 bridgehead atoms. The predicted octanol–water partition coefficient (Wildman–Crippen LogP) is 2.76. The Morgan fingerprint density at radius 2 is 1.95 bits per heavy atom. The molecule has 1 aromatic carbocycles. The number of carbonyl (C=O) groups is 1. The van der Waals surface area contributed by atoms with Gasteiger partial charge in [0.05, 0.1) is 0 Å². The number of benzene rings is 2. The largest absolute Gasteiger partial charge is 0.481 e. The Morgan fingerprint density at radius 1 is 1.25 bits per heavy atom. The number of hydrogen-bond donors (Lipinski definition) is 1. The van der Waals surface area contributed by atoms with E-state index in [1.54, 1.807) is 6.07 Å². The minimum absolute atomic E-state index is 0.0347. The first-order valence-corrected chi connectivity index (χ1v) is 6.79. The van der Waals surface area contributed by atoms with Gasteiger partial charge >= 0.3 is 5.97 Å². The average molecular weight is 336 g/mol. The summed E-state index contributed by atoms with van der Waals surface area (Å²) < 4.78 is 5.56. The molecular formula is C14H10BrNO4. The van der Waals surface area contributed by atoms with E-state index in [1.165, 1.54) is 12.1 Å². The van der Waals surface area contributed by atoms with Crippen LogP contribution < -0.4 is 5.43 Å². The van der Waals surface area contributed by atoms with Crippen LogP contribution in [-0.4, -0.2) is 21.4 Å². The number of rotatable bonds is 1. The first-order chi connectivity index (χ1) is 9.60. The standard InChI is InChI=1S/C12H7NO2.C2H3BrO2/c14-8-5-6-10-12(7-8)15-11-4-2-1-3-9(11)13-10;3-1-2(4)5/h1-7H;1H2,(H,4,5). The summed E-state index contributed by atoms with van der Waals surface area (Å²) in [5, 5.41) is 7.71. The van der Waals surface area contributed by atoms with Crippen LogP contribution in [0.3, 0.4) is 0 Å². The van der Waals surface area contributed by atoms with Gasteiger partial charge in [-0.1, -0.05) is 28.1 Å². The maximum Gasteiger partial charge on any atom is 0.314 e. The average Bonchev–Trinajstić information content (AvgIpc) is 2.45. The van der Waals surface area contributed by atoms with Gasteiger partial charge in [-0.3, -0.25) is 9.59 Å². The molecule has 1 aliphatic heterocycles. The Morgan fingerprint density at radius 3 is 2.65 bits per heavy atom. The van der Waals surface area contributed by atoms with E-state index in [-0.39, 0.29) is 10.8 Å². The smallest absolute Gasteiger partial charge is 0.314 e. The lowest BCUT2D eigenvalue weighted by atomic mass is 10.2. The maximum absolute atomic E-state index is 11.1. The molecule has 0 radical (unpaired) electrons. The molecule has 0 amide bonds. The minimum Gasteiger partial charge on any atom is -0.481 e. The lowest BCUT2D eigenvalue weighted by Crippen LogP contribution is -1.99. The van der Waals surface area contributed by atoms with Crippen LogP contribution in [0, 0.1) is 0 Å². The highest BCUT2D eigenvalue weighted by atomic mass is 79.9. The van der Waals surface area contributed by atoms with Gasteiger partial charge in [0.1, 0.15) is 16.5 Å². The third kappa shape index (κ3) is 3.42. The molecule has 1 N–H and O–H groups in total. The van der Waals surface area contributed by atoms with Crippen molar-refractivity contribution in [1.29, 1.82) is 0 Å². The molecule has 1 aromatic rings. The highest BCUT2D eigenvalue weighted by molar-refractivity contribution is 9.09. The highest BCUT2D eigenvalue weighted by Gasteiger charge is 2.07. The normalized spacial score (nSPS) is 10.1. The fourth-order valence-corrected chi connectivity index (χ4v) is 1.55. The van der Waals surface area contributed by atoms with Crippen LogP contribution in [-0.2, 0) is 4.79 Å². The van der Waals surface area contributed by atoms with E-state index in [2.05, 4.69) is 20.9 Å². The van der Waals surface area contributed by atoms with Gasteiger partial charge in [-0.25, -0.2) is 4.98 Å². The van der Waals surface area contributed by atoms with E-state index in [0.717, 1.165) is 5.52 Å². The van der Waals surface area contributed by atoms with Crippen molar-refractivity contribution in [3.05, 3.63) is 52.7 Å². The minimum atomic E-state index is -0.829. The van der Waals surface area contributed by atoms with E-state index in [4.69, 9.17) is 9.52 Å². The number of fused-ring (bicyclic) bond motifs is 2. The first kappa shape index (κ1) is 14.2. The van der Waals surface area contributed by atoms with Gasteiger partial charge in [0.25, 0.3) is 0 Å². The molecule has 2 aliphatic rings. The Balaban J connectivity index is 0.000000257. The number of para-hydroxylation sites is 2. The number of carboxylic acids is 1. The number of nitrogens with zero attached hydrogens (tertiary/aromatic N) is 1. The zero-order chi connectivity index (χ0) is 14.5. The van der Waals surface area contributed by atoms with Gasteiger partial charge in [0.2, 0.25) is 0 Å². The molecule has 0 unspecified atom stereocenters. The highest BCUT2D eigenvalue weighted by Crippen LogP contribution is 2.22. The van der Waals surface area contributed by atoms with Crippen molar-refractivity contribution in [2.24, 2.45) is 0 Å². The predicted molar refractivity (Wildman–Crippen MR) is 78.3 cm³/mol. The maximum atomic E-state index is 11.1. The molecule has 20 heavy (non-hydrogen) atoms. The second-order valence-corrected chi connectivity index (χ2v) is 4.40. The second kappa shape index (κ2) is 6.29. The molecule has 1 heterocycles. The Hall–Kier alpha value is -2.21. The van der Waals surface area contributed by atoms with Crippen molar-refractivity contribution in [2.45, 2.75) is 0 Å². The summed E-state index contributed by atoms with van der Waals surface area (Å²) in [5.74, 6) is -0.300. The summed E-state index contributed by atoms with van der Waals surface area (Å²) in [7, 11) is 0. The zero-order valence-corrected chi connectivity index (χ0v) is 11.8. The monoisotopic (exact) mass is 335 g/mol. The molecule has 5 nitrogen and oxygen atoms in total. The summed E-state index contributed by atoms with van der Waals surface area (Å²) in [6.45, 7) is 0. The van der Waals surface area contributed by atoms with Gasteiger partial charge in [-0.15, -0.1) is 0 Å². The van der Waals surface area contributed by atoms with Gasteiger partial charge in [0.15, 0.2) is 16.8 Å². The number of aromatic nitrogens is 1. The summed E-state index contributed by atoms with van der Waals surface area (Å²) >= 11 is 2.71. The molecule has 0 saturated heterocycles. The van der Waals surface area contributed by atoms with Crippen molar-refractivity contribution in [1.82, 2.24) is 4.98 Å². The lowest BCUT2D eigenvalue weighted by molar-refractivity contribution is -0.133. The molecule has 1 aliphatic carbocycles. The van der Waals surface area contributed by atoms with Crippen molar-refractivity contribution in [3.63, 3.8) is 0 Å². The zero-order valence-electron chi connectivity index (χ0n) is 10.2. The summed E-state index contributed by atoms with van der Waals surface area (Å²) in [5.41, 5.74) is 2.12. The molecule has 3 rings (SSSR count). The van der Waals surface area contributed by atoms with Crippen molar-refractivity contribution >= 4 is 33.0 Å². The van der Waals surface area contributed by atoms with Crippen LogP contribution in [0.1, 0.15) is 0 Å². The number of carboxylic acid groups (broad SMARTS) is 1. The van der Waals surface area contributed by atoms with Crippen molar-refractivity contribution in [2.75, 3.05) is 5.33 Å². The summed E-state index contributed by atoms with van der Waals surface area (Å²) in [6.07, 6.45) is 0. The van der Waals surface area contributed by atoms with Crippen molar-refractivity contribution in [3.8, 4) is 11.5 Å². The van der Waals surface area contributed by atoms with E-state index < -0.39 is 5.97 Å². The van der Waals surface area contributed by atoms with E-state index in [0.29, 0.717) is 17.0 Å². The van der Waals surface area contributed by atoms with E-state index in [9.17, 15) is 9.59 Å². The number of aliphatic carboxylic acids is 1. The van der Waals surface area contributed by atoms with Gasteiger partial charge in [-0.05, 0) is 24.3 Å². The number of halogens is 1. The third-order valence-electron chi connectivity index (χ3n) is 2.37. The molecule has 0 aromatic heterocycles. The molecule has 0 saturated carbocycles. The number of hydrogen-bond acceptors (Lipinski definition) is 4. The molecule has 0 spiro atoms. The molecule has 0 atom stereocenters. The van der Waals surface area contributed by atoms with Crippen LogP contribution in [0.5, 0.6) is 0 Å². The fourth-order valence-electron chi connectivity index (χ4n) is 1.55. The van der Waals surface area contributed by atoms with Gasteiger partial charge < -0.3 is 9.52 Å². The van der Waals surface area contributed by atoms with Crippen LogP contribution >= 0.6 is 15.9 Å². The Kier molecular flexibility index (Phi) is 4.47.